The molecule has 0 saturated carbocycles. The number of urea groups is 1. The van der Waals surface area contributed by atoms with E-state index in [9.17, 15) is 9.59 Å². The first-order chi connectivity index (χ1) is 13.0. The van der Waals surface area contributed by atoms with Crippen molar-refractivity contribution >= 4 is 40.4 Å². The van der Waals surface area contributed by atoms with Gasteiger partial charge in [-0.1, -0.05) is 30.3 Å². The number of carbonyl (C=O) groups is 2. The zero-order valence-electron chi connectivity index (χ0n) is 15.2. The van der Waals surface area contributed by atoms with E-state index >= 15 is 0 Å². The molecule has 0 atom stereocenters. The summed E-state index contributed by atoms with van der Waals surface area (Å²) in [5.41, 5.74) is 1.79. The van der Waals surface area contributed by atoms with Crippen LogP contribution in [0.1, 0.15) is 19.6 Å². The van der Waals surface area contributed by atoms with Crippen molar-refractivity contribution < 1.29 is 14.0 Å². The molecule has 0 saturated heterocycles. The summed E-state index contributed by atoms with van der Waals surface area (Å²) in [6.45, 7) is 3.74. The molecule has 3 amide bonds. The first-order valence-electron chi connectivity index (χ1n) is 8.65. The van der Waals surface area contributed by atoms with Crippen molar-refractivity contribution in [2.24, 2.45) is 0 Å². The van der Waals surface area contributed by atoms with E-state index in [0.29, 0.717) is 17.1 Å². The molecule has 0 bridgehead atoms. The maximum absolute atomic E-state index is 12.2. The SMILES string of the molecule is CC(C)NC(=O)Nc1ccccc1NC(=O)C=Cc1cc2ccccc2o1. The van der Waals surface area contributed by atoms with Crippen molar-refractivity contribution in [2.45, 2.75) is 19.9 Å². The fraction of sp³-hybridized carbons (Fsp3) is 0.143. The van der Waals surface area contributed by atoms with Gasteiger partial charge >= 0.3 is 6.03 Å². The molecule has 0 unspecified atom stereocenters. The lowest BCUT2D eigenvalue weighted by Gasteiger charge is -2.13. The van der Waals surface area contributed by atoms with Crippen molar-refractivity contribution in [3.05, 3.63) is 66.4 Å². The maximum Gasteiger partial charge on any atom is 0.319 e. The van der Waals surface area contributed by atoms with Gasteiger partial charge in [0.25, 0.3) is 0 Å². The maximum atomic E-state index is 12.2. The average Bonchev–Trinajstić information content (AvgIpc) is 3.04. The predicted octanol–water partition coefficient (Wildman–Crippen LogP) is 4.61. The molecule has 138 valence electrons. The monoisotopic (exact) mass is 363 g/mol. The Morgan fingerprint density at radius 1 is 0.963 bits per heavy atom. The van der Waals surface area contributed by atoms with Crippen LogP contribution in [-0.4, -0.2) is 18.0 Å². The van der Waals surface area contributed by atoms with E-state index < -0.39 is 0 Å². The zero-order valence-corrected chi connectivity index (χ0v) is 15.2. The van der Waals surface area contributed by atoms with Crippen LogP contribution >= 0.6 is 0 Å². The summed E-state index contributed by atoms with van der Waals surface area (Å²) in [5, 5.41) is 9.21. The molecule has 0 spiro atoms. The summed E-state index contributed by atoms with van der Waals surface area (Å²) in [6.07, 6.45) is 3.00. The van der Waals surface area contributed by atoms with Gasteiger partial charge in [-0.2, -0.15) is 0 Å². The molecular formula is C21H21N3O3. The fourth-order valence-electron chi connectivity index (χ4n) is 2.54. The number of hydrogen-bond acceptors (Lipinski definition) is 3. The Balaban J connectivity index is 1.67. The van der Waals surface area contributed by atoms with Crippen molar-refractivity contribution in [3.8, 4) is 0 Å². The molecule has 3 N–H and O–H groups in total. The number of rotatable bonds is 5. The first-order valence-corrected chi connectivity index (χ1v) is 8.65. The van der Waals surface area contributed by atoms with Gasteiger partial charge in [-0.3, -0.25) is 4.79 Å². The summed E-state index contributed by atoms with van der Waals surface area (Å²) < 4.78 is 5.65. The molecule has 6 heteroatoms. The van der Waals surface area contributed by atoms with Crippen LogP contribution in [0.3, 0.4) is 0 Å². The van der Waals surface area contributed by atoms with Crippen LogP contribution in [0.2, 0.25) is 0 Å². The summed E-state index contributed by atoms with van der Waals surface area (Å²) in [5.74, 6) is 0.267. The Morgan fingerprint density at radius 2 is 1.63 bits per heavy atom. The minimum Gasteiger partial charge on any atom is -0.457 e. The van der Waals surface area contributed by atoms with Crippen LogP contribution in [-0.2, 0) is 4.79 Å². The van der Waals surface area contributed by atoms with E-state index in [-0.39, 0.29) is 18.0 Å². The third-order valence-corrected chi connectivity index (χ3v) is 3.70. The molecule has 0 aliphatic heterocycles. The number of furan rings is 1. The number of hydrogen-bond donors (Lipinski definition) is 3. The lowest BCUT2D eigenvalue weighted by atomic mass is 10.2. The predicted molar refractivity (Wildman–Crippen MR) is 108 cm³/mol. The highest BCUT2D eigenvalue weighted by atomic mass is 16.3. The van der Waals surface area contributed by atoms with E-state index in [1.54, 1.807) is 30.3 Å². The van der Waals surface area contributed by atoms with Gasteiger partial charge in [0.15, 0.2) is 0 Å². The second-order valence-corrected chi connectivity index (χ2v) is 6.31. The van der Waals surface area contributed by atoms with Crippen molar-refractivity contribution in [2.75, 3.05) is 10.6 Å². The number of benzene rings is 2. The van der Waals surface area contributed by atoms with E-state index in [2.05, 4.69) is 16.0 Å². The van der Waals surface area contributed by atoms with Crippen molar-refractivity contribution in [3.63, 3.8) is 0 Å². The molecule has 0 aliphatic rings. The second kappa shape index (κ2) is 8.23. The Kier molecular flexibility index (Phi) is 5.56. The highest BCUT2D eigenvalue weighted by Gasteiger charge is 2.09. The summed E-state index contributed by atoms with van der Waals surface area (Å²) >= 11 is 0. The van der Waals surface area contributed by atoms with Crippen LogP contribution in [0.4, 0.5) is 16.2 Å². The Bertz CT molecular complexity index is 956. The van der Waals surface area contributed by atoms with Crippen LogP contribution < -0.4 is 16.0 Å². The van der Waals surface area contributed by atoms with Crippen molar-refractivity contribution in [1.82, 2.24) is 5.32 Å². The standard InChI is InChI=1S/C21H21N3O3/c1-14(2)22-21(26)24-18-9-5-4-8-17(18)23-20(25)12-11-16-13-15-7-3-6-10-19(15)27-16/h3-14H,1-2H3,(H,23,25)(H2,22,24,26). The summed E-state index contributed by atoms with van der Waals surface area (Å²) in [7, 11) is 0. The minimum absolute atomic E-state index is 0.0125. The van der Waals surface area contributed by atoms with Crippen LogP contribution in [0, 0.1) is 0 Å². The van der Waals surface area contributed by atoms with E-state index in [1.807, 2.05) is 44.2 Å². The molecule has 0 fully saturated rings. The van der Waals surface area contributed by atoms with Crippen LogP contribution in [0.15, 0.2) is 65.1 Å². The quantitative estimate of drug-likeness (QED) is 0.579. The number of amides is 3. The molecule has 3 aromatic rings. The number of carbonyl (C=O) groups excluding carboxylic acids is 2. The number of nitrogens with one attached hydrogen (secondary N) is 3. The molecule has 2 aromatic carbocycles. The smallest absolute Gasteiger partial charge is 0.319 e. The van der Waals surface area contributed by atoms with E-state index in [0.717, 1.165) is 11.0 Å². The normalized spacial score (nSPS) is 11.1. The highest BCUT2D eigenvalue weighted by molar-refractivity contribution is 6.05. The molecular weight excluding hydrogens is 342 g/mol. The molecule has 27 heavy (non-hydrogen) atoms. The number of para-hydroxylation sites is 3. The average molecular weight is 363 g/mol. The van der Waals surface area contributed by atoms with Gasteiger partial charge in [-0.15, -0.1) is 0 Å². The van der Waals surface area contributed by atoms with Gasteiger partial charge in [0.2, 0.25) is 5.91 Å². The van der Waals surface area contributed by atoms with Gasteiger partial charge in [0.05, 0.1) is 11.4 Å². The lowest BCUT2D eigenvalue weighted by molar-refractivity contribution is -0.111. The number of fused-ring (bicyclic) bond motifs is 1. The van der Waals surface area contributed by atoms with Gasteiger partial charge < -0.3 is 20.4 Å². The Labute approximate surface area is 157 Å². The topological polar surface area (TPSA) is 83.4 Å². The zero-order chi connectivity index (χ0) is 19.2. The van der Waals surface area contributed by atoms with Crippen LogP contribution in [0.25, 0.3) is 17.0 Å². The van der Waals surface area contributed by atoms with Gasteiger partial charge in [0, 0.05) is 17.5 Å². The first kappa shape index (κ1) is 18.3. The minimum atomic E-state index is -0.329. The van der Waals surface area contributed by atoms with Crippen molar-refractivity contribution in [1.29, 1.82) is 0 Å². The third kappa shape index (κ3) is 4.98. The van der Waals surface area contributed by atoms with Gasteiger partial charge in [-0.05, 0) is 44.2 Å². The largest absolute Gasteiger partial charge is 0.457 e. The van der Waals surface area contributed by atoms with Crippen LogP contribution in [0.5, 0.6) is 0 Å². The molecule has 1 heterocycles. The molecule has 0 aliphatic carbocycles. The highest BCUT2D eigenvalue weighted by Crippen LogP contribution is 2.22. The summed E-state index contributed by atoms with van der Waals surface area (Å²) in [6, 6.07) is 16.2. The third-order valence-electron chi connectivity index (χ3n) is 3.70. The number of anilines is 2. The molecule has 3 rings (SSSR count). The second-order valence-electron chi connectivity index (χ2n) is 6.31. The van der Waals surface area contributed by atoms with Gasteiger partial charge in [-0.25, -0.2) is 4.79 Å². The Hall–Kier alpha value is -3.54. The van der Waals surface area contributed by atoms with E-state index in [4.69, 9.17) is 4.42 Å². The summed E-state index contributed by atoms with van der Waals surface area (Å²) in [4.78, 5) is 24.1. The lowest BCUT2D eigenvalue weighted by Crippen LogP contribution is -2.34. The van der Waals surface area contributed by atoms with Gasteiger partial charge in [0.1, 0.15) is 11.3 Å². The Morgan fingerprint density at radius 3 is 2.33 bits per heavy atom. The molecule has 6 nitrogen and oxygen atoms in total. The fourth-order valence-corrected chi connectivity index (χ4v) is 2.54. The molecule has 1 aromatic heterocycles. The van der Waals surface area contributed by atoms with E-state index in [1.165, 1.54) is 6.08 Å². The molecule has 0 radical (unpaired) electrons.